The monoisotopic (exact) mass is 295 g/mol. The second-order valence-corrected chi connectivity index (χ2v) is 6.29. The zero-order chi connectivity index (χ0) is 15.2. The van der Waals surface area contributed by atoms with E-state index in [4.69, 9.17) is 4.74 Å². The fourth-order valence-electron chi connectivity index (χ4n) is 2.88. The van der Waals surface area contributed by atoms with Crippen molar-refractivity contribution >= 4 is 0 Å². The van der Waals surface area contributed by atoms with Gasteiger partial charge in [0.1, 0.15) is 5.75 Å². The van der Waals surface area contributed by atoms with Crippen LogP contribution in [0.3, 0.4) is 0 Å². The summed E-state index contributed by atoms with van der Waals surface area (Å²) in [4.78, 5) is 0. The third-order valence-corrected chi connectivity index (χ3v) is 4.32. The average Bonchev–Trinajstić information content (AvgIpc) is 3.39. The molecule has 22 heavy (non-hydrogen) atoms. The van der Waals surface area contributed by atoms with Crippen molar-refractivity contribution in [3.8, 4) is 5.75 Å². The highest BCUT2D eigenvalue weighted by Crippen LogP contribution is 2.21. The lowest BCUT2D eigenvalue weighted by Crippen LogP contribution is -2.27. The lowest BCUT2D eigenvalue weighted by molar-refractivity contribution is 0.414. The second kappa shape index (κ2) is 7.46. The molecular formula is C20H25NO. The third-order valence-electron chi connectivity index (χ3n) is 4.32. The van der Waals surface area contributed by atoms with E-state index in [2.05, 4.69) is 59.9 Å². The summed E-state index contributed by atoms with van der Waals surface area (Å²) >= 11 is 0. The summed E-state index contributed by atoms with van der Waals surface area (Å²) in [6.45, 7) is 1.10. The van der Waals surface area contributed by atoms with Crippen molar-refractivity contribution < 1.29 is 4.74 Å². The minimum Gasteiger partial charge on any atom is -0.497 e. The van der Waals surface area contributed by atoms with Crippen LogP contribution in [0.15, 0.2) is 54.6 Å². The van der Waals surface area contributed by atoms with Gasteiger partial charge in [-0.3, -0.25) is 0 Å². The quantitative estimate of drug-likeness (QED) is 0.798. The van der Waals surface area contributed by atoms with E-state index in [1.807, 2.05) is 0 Å². The van der Waals surface area contributed by atoms with E-state index in [1.165, 1.54) is 24.0 Å². The molecule has 2 nitrogen and oxygen atoms in total. The van der Waals surface area contributed by atoms with Gasteiger partial charge < -0.3 is 10.1 Å². The Labute approximate surface area is 133 Å². The minimum absolute atomic E-state index is 0.636. The summed E-state index contributed by atoms with van der Waals surface area (Å²) < 4.78 is 5.24. The van der Waals surface area contributed by atoms with Gasteiger partial charge in [0.25, 0.3) is 0 Å². The van der Waals surface area contributed by atoms with Crippen LogP contribution in [-0.2, 0) is 12.8 Å². The average molecular weight is 295 g/mol. The van der Waals surface area contributed by atoms with Crippen molar-refractivity contribution in [2.24, 2.45) is 5.92 Å². The largest absolute Gasteiger partial charge is 0.497 e. The van der Waals surface area contributed by atoms with Gasteiger partial charge in [-0.15, -0.1) is 0 Å². The number of hydrogen-bond donors (Lipinski definition) is 1. The highest BCUT2D eigenvalue weighted by atomic mass is 16.5. The number of benzene rings is 2. The summed E-state index contributed by atoms with van der Waals surface area (Å²) in [5.74, 6) is 1.57. The smallest absolute Gasteiger partial charge is 0.118 e. The first-order chi connectivity index (χ1) is 10.8. The molecule has 2 aromatic rings. The lowest BCUT2D eigenvalue weighted by Gasteiger charge is -2.18. The van der Waals surface area contributed by atoms with Crippen LogP contribution in [0.1, 0.15) is 24.0 Å². The maximum Gasteiger partial charge on any atom is 0.118 e. The van der Waals surface area contributed by atoms with Crippen LogP contribution in [0.2, 0.25) is 0 Å². The molecular weight excluding hydrogens is 270 g/mol. The van der Waals surface area contributed by atoms with Crippen LogP contribution in [0.5, 0.6) is 5.75 Å². The predicted octanol–water partition coefficient (Wildman–Crippen LogP) is 3.85. The molecule has 0 aliphatic heterocycles. The molecule has 0 radical (unpaired) electrons. The summed E-state index contributed by atoms with van der Waals surface area (Å²) in [6, 6.07) is 20.1. The SMILES string of the molecule is COc1ccc(CC(CNC2CC2)Cc2ccccc2)cc1. The molecule has 2 aromatic carbocycles. The summed E-state index contributed by atoms with van der Waals surface area (Å²) in [7, 11) is 1.72. The summed E-state index contributed by atoms with van der Waals surface area (Å²) in [6.07, 6.45) is 4.94. The molecule has 0 bridgehead atoms. The van der Waals surface area contributed by atoms with Crippen molar-refractivity contribution in [2.75, 3.05) is 13.7 Å². The second-order valence-electron chi connectivity index (χ2n) is 6.29. The lowest BCUT2D eigenvalue weighted by atomic mass is 9.92. The van der Waals surface area contributed by atoms with E-state index < -0.39 is 0 Å². The van der Waals surface area contributed by atoms with Crippen molar-refractivity contribution in [1.82, 2.24) is 5.32 Å². The van der Waals surface area contributed by atoms with Crippen LogP contribution >= 0.6 is 0 Å². The van der Waals surface area contributed by atoms with Gasteiger partial charge in [-0.05, 0) is 61.4 Å². The van der Waals surface area contributed by atoms with E-state index in [9.17, 15) is 0 Å². The van der Waals surface area contributed by atoms with Gasteiger partial charge in [0.2, 0.25) is 0 Å². The van der Waals surface area contributed by atoms with Gasteiger partial charge >= 0.3 is 0 Å². The first kappa shape index (κ1) is 15.1. The molecule has 1 aliphatic carbocycles. The molecule has 1 atom stereocenters. The van der Waals surface area contributed by atoms with Crippen LogP contribution in [0, 0.1) is 5.92 Å². The molecule has 0 amide bonds. The van der Waals surface area contributed by atoms with E-state index in [1.54, 1.807) is 7.11 Å². The minimum atomic E-state index is 0.636. The molecule has 116 valence electrons. The van der Waals surface area contributed by atoms with Crippen molar-refractivity contribution in [3.05, 3.63) is 65.7 Å². The number of methoxy groups -OCH3 is 1. The molecule has 1 unspecified atom stereocenters. The normalized spacial score (nSPS) is 15.5. The Morgan fingerprint density at radius 3 is 2.18 bits per heavy atom. The van der Waals surface area contributed by atoms with Crippen molar-refractivity contribution in [2.45, 2.75) is 31.7 Å². The van der Waals surface area contributed by atoms with E-state index in [0.717, 1.165) is 31.2 Å². The van der Waals surface area contributed by atoms with Crippen molar-refractivity contribution in [1.29, 1.82) is 0 Å². The van der Waals surface area contributed by atoms with Gasteiger partial charge in [0.15, 0.2) is 0 Å². The van der Waals surface area contributed by atoms with Gasteiger partial charge in [-0.2, -0.15) is 0 Å². The molecule has 1 aliphatic rings. The molecule has 0 heterocycles. The maximum atomic E-state index is 5.24. The molecule has 1 N–H and O–H groups in total. The summed E-state index contributed by atoms with van der Waals surface area (Å²) in [5.41, 5.74) is 2.82. The first-order valence-electron chi connectivity index (χ1n) is 8.24. The number of ether oxygens (including phenoxy) is 1. The molecule has 0 spiro atoms. The Bertz CT molecular complexity index is 560. The van der Waals surface area contributed by atoms with E-state index in [0.29, 0.717) is 5.92 Å². The highest BCUT2D eigenvalue weighted by molar-refractivity contribution is 5.27. The molecule has 2 heteroatoms. The van der Waals surface area contributed by atoms with Crippen LogP contribution in [0.25, 0.3) is 0 Å². The molecule has 0 aromatic heterocycles. The van der Waals surface area contributed by atoms with Gasteiger partial charge in [-0.25, -0.2) is 0 Å². The van der Waals surface area contributed by atoms with Crippen LogP contribution in [-0.4, -0.2) is 19.7 Å². The van der Waals surface area contributed by atoms with E-state index >= 15 is 0 Å². The number of rotatable bonds is 8. The molecule has 0 saturated heterocycles. The zero-order valence-electron chi connectivity index (χ0n) is 13.3. The molecule has 3 rings (SSSR count). The van der Waals surface area contributed by atoms with Gasteiger partial charge in [-0.1, -0.05) is 42.5 Å². The maximum absolute atomic E-state index is 5.24. The third kappa shape index (κ3) is 4.60. The Hall–Kier alpha value is -1.80. The topological polar surface area (TPSA) is 21.3 Å². The van der Waals surface area contributed by atoms with E-state index in [-0.39, 0.29) is 0 Å². The molecule has 1 saturated carbocycles. The van der Waals surface area contributed by atoms with Crippen molar-refractivity contribution in [3.63, 3.8) is 0 Å². The molecule has 1 fully saturated rings. The standard InChI is InChI=1S/C20H25NO/c1-22-20-11-7-17(8-12-20)14-18(15-21-19-9-10-19)13-16-5-3-2-4-6-16/h2-8,11-12,18-19,21H,9-10,13-15H2,1H3. The Balaban J connectivity index is 1.63. The highest BCUT2D eigenvalue weighted by Gasteiger charge is 2.22. The van der Waals surface area contributed by atoms with Crippen LogP contribution < -0.4 is 10.1 Å². The Morgan fingerprint density at radius 1 is 0.955 bits per heavy atom. The predicted molar refractivity (Wildman–Crippen MR) is 91.4 cm³/mol. The summed E-state index contributed by atoms with van der Waals surface area (Å²) in [5, 5.41) is 3.70. The Kier molecular flexibility index (Phi) is 5.12. The fraction of sp³-hybridized carbons (Fsp3) is 0.400. The van der Waals surface area contributed by atoms with Gasteiger partial charge in [0, 0.05) is 6.04 Å². The zero-order valence-corrected chi connectivity index (χ0v) is 13.3. The number of hydrogen-bond acceptors (Lipinski definition) is 2. The Morgan fingerprint density at radius 2 is 1.59 bits per heavy atom. The number of nitrogens with one attached hydrogen (secondary N) is 1. The van der Waals surface area contributed by atoms with Crippen LogP contribution in [0.4, 0.5) is 0 Å². The fourth-order valence-corrected chi connectivity index (χ4v) is 2.88. The van der Waals surface area contributed by atoms with Gasteiger partial charge in [0.05, 0.1) is 7.11 Å². The first-order valence-corrected chi connectivity index (χ1v) is 8.24.